The van der Waals surface area contributed by atoms with Crippen molar-refractivity contribution >= 4 is 46.4 Å². The summed E-state index contributed by atoms with van der Waals surface area (Å²) >= 11 is 0. The summed E-state index contributed by atoms with van der Waals surface area (Å²) in [4.78, 5) is 14.2. The van der Waals surface area contributed by atoms with Gasteiger partial charge in [-0.05, 0) is 77.1 Å². The molecule has 0 bridgehead atoms. The van der Waals surface area contributed by atoms with Crippen LogP contribution in [0, 0.1) is 24.5 Å². The summed E-state index contributed by atoms with van der Waals surface area (Å²) in [5, 5.41) is 3.10. The van der Waals surface area contributed by atoms with Crippen LogP contribution in [0.4, 0.5) is 0 Å². The third-order valence-electron chi connectivity index (χ3n) is 9.66. The molecule has 0 spiro atoms. The normalized spacial score (nSPS) is 12.5. The average molecular weight is 941 g/mol. The van der Waals surface area contributed by atoms with Crippen LogP contribution in [0.3, 0.4) is 0 Å². The molecule has 7 heteroatoms. The number of aromatic nitrogens is 4. The van der Waals surface area contributed by atoms with E-state index in [0.29, 0.717) is 5.71 Å². The van der Waals surface area contributed by atoms with E-state index in [0.717, 1.165) is 72.2 Å². The standard InChI is InChI=1S/C31H20N3O.C19H26NSi.Ir/c1-20-14-19-25-24-10-7-11-26(29(24)35-31(25)32-20)30-33-27-12-5-6-13-28(27)34(30)23-17-15-22(16-18-23)21-8-3-2-4-9-21;1-19(2,3)13-16-12-17(15-10-8-7-9-11-15)20-14-18(16)21(4,5)6;/h2-10,12-19H,1H3;7-10,12,14H,13H2,1-6H3;/q2*-1;/i;13D2;. The van der Waals surface area contributed by atoms with Gasteiger partial charge in [0.25, 0.3) is 0 Å². The quantitative estimate of drug-likeness (QED) is 0.123. The van der Waals surface area contributed by atoms with Gasteiger partial charge in [0.05, 0.1) is 30.5 Å². The molecular weight excluding hydrogens is 893 g/mol. The molecule has 4 aromatic heterocycles. The first-order valence-corrected chi connectivity index (χ1v) is 22.5. The smallest absolute Gasteiger partial charge is 0.216 e. The van der Waals surface area contributed by atoms with E-state index in [1.165, 1.54) is 11.1 Å². The minimum absolute atomic E-state index is 0. The number of aryl methyl sites for hydroxylation is 1. The van der Waals surface area contributed by atoms with Crippen LogP contribution < -0.4 is 5.19 Å². The van der Waals surface area contributed by atoms with Crippen LogP contribution in [0.25, 0.3) is 72.6 Å². The van der Waals surface area contributed by atoms with Crippen LogP contribution in [-0.2, 0) is 26.5 Å². The number of benzene rings is 5. The molecule has 0 N–H and O–H groups in total. The van der Waals surface area contributed by atoms with E-state index in [-0.39, 0.29) is 20.1 Å². The molecule has 0 amide bonds. The van der Waals surface area contributed by atoms with Crippen molar-refractivity contribution in [1.82, 2.24) is 19.5 Å². The molecule has 5 aromatic carbocycles. The predicted octanol–water partition coefficient (Wildman–Crippen LogP) is 12.4. The molecule has 9 aromatic rings. The maximum Gasteiger partial charge on any atom is 0.216 e. The van der Waals surface area contributed by atoms with Crippen molar-refractivity contribution in [1.29, 1.82) is 0 Å². The SMILES string of the molecule is Cc1ccc2c(n1)oc1c(-c3nc4ccccc4n3-c3ccc(-c4ccccc4)cc3)[c-]ccc12.[2H]C([2H])(c1cc(-c2[c-]cccc2)ncc1[Si](C)(C)C)C(C)(C)C.[Ir]. The first-order chi connectivity index (χ1) is 27.7. The minimum Gasteiger partial charge on any atom is -0.486 e. The number of hydrogen-bond donors (Lipinski definition) is 0. The van der Waals surface area contributed by atoms with E-state index >= 15 is 0 Å². The molecule has 0 fully saturated rings. The summed E-state index contributed by atoms with van der Waals surface area (Å²) in [7, 11) is -1.70. The summed E-state index contributed by atoms with van der Waals surface area (Å²) in [6, 6.07) is 51.5. The minimum atomic E-state index is -1.70. The Morgan fingerprint density at radius 2 is 1.47 bits per heavy atom. The second-order valence-corrected chi connectivity index (χ2v) is 21.2. The van der Waals surface area contributed by atoms with Crippen LogP contribution in [-0.4, -0.2) is 27.6 Å². The number of furan rings is 1. The molecule has 0 aliphatic carbocycles. The van der Waals surface area contributed by atoms with Crippen molar-refractivity contribution in [3.05, 3.63) is 163 Å². The molecule has 0 saturated carbocycles. The third kappa shape index (κ3) is 8.47. The summed E-state index contributed by atoms with van der Waals surface area (Å²) in [6.07, 6.45) is 0.469. The number of rotatable bonds is 6. The van der Waals surface area contributed by atoms with E-state index in [1.807, 2.05) is 107 Å². The van der Waals surface area contributed by atoms with Crippen molar-refractivity contribution in [2.75, 3.05) is 0 Å². The molecule has 57 heavy (non-hydrogen) atoms. The first-order valence-electron chi connectivity index (χ1n) is 20.0. The van der Waals surface area contributed by atoms with E-state index in [4.69, 9.17) is 12.1 Å². The number of imidazole rings is 1. The van der Waals surface area contributed by atoms with Crippen molar-refractivity contribution in [2.45, 2.75) is 53.7 Å². The molecule has 0 unspecified atom stereocenters. The van der Waals surface area contributed by atoms with Crippen molar-refractivity contribution < 1.29 is 27.3 Å². The van der Waals surface area contributed by atoms with Gasteiger partial charge in [-0.3, -0.25) is 4.98 Å². The fourth-order valence-corrected chi connectivity index (χ4v) is 8.42. The first kappa shape index (κ1) is 37.1. The average Bonchev–Trinajstić information content (AvgIpc) is 3.79. The fourth-order valence-electron chi connectivity index (χ4n) is 7.03. The molecule has 0 aliphatic rings. The van der Waals surface area contributed by atoms with E-state index in [1.54, 1.807) is 0 Å². The Morgan fingerprint density at radius 1 is 0.754 bits per heavy atom. The number of fused-ring (bicyclic) bond motifs is 4. The number of hydrogen-bond acceptors (Lipinski definition) is 4. The topological polar surface area (TPSA) is 56.7 Å². The summed E-state index contributed by atoms with van der Waals surface area (Å²) in [6.45, 7) is 14.5. The summed E-state index contributed by atoms with van der Waals surface area (Å²) in [5.41, 5.74) is 10.5. The van der Waals surface area contributed by atoms with Gasteiger partial charge < -0.3 is 14.0 Å². The molecule has 5 nitrogen and oxygen atoms in total. The van der Waals surface area contributed by atoms with Gasteiger partial charge in [0, 0.05) is 45.8 Å². The maximum atomic E-state index is 8.75. The fraction of sp³-hybridized carbons (Fsp3) is 0.180. The Morgan fingerprint density at radius 3 is 2.19 bits per heavy atom. The zero-order valence-electron chi connectivity index (χ0n) is 35.3. The zero-order chi connectivity index (χ0) is 40.8. The van der Waals surface area contributed by atoms with Gasteiger partial charge in [-0.2, -0.15) is 0 Å². The van der Waals surface area contributed by atoms with Crippen LogP contribution in [0.1, 0.15) is 34.8 Å². The largest absolute Gasteiger partial charge is 0.486 e. The van der Waals surface area contributed by atoms with Gasteiger partial charge >= 0.3 is 0 Å². The summed E-state index contributed by atoms with van der Waals surface area (Å²) in [5.74, 6) is 0.792. The number of nitrogens with zero attached hydrogens (tertiary/aromatic N) is 4. The molecule has 9 rings (SSSR count). The van der Waals surface area contributed by atoms with Crippen molar-refractivity contribution in [3.8, 4) is 39.5 Å². The van der Waals surface area contributed by atoms with Gasteiger partial charge in [0.15, 0.2) is 0 Å². The van der Waals surface area contributed by atoms with Crippen LogP contribution in [0.2, 0.25) is 19.6 Å². The van der Waals surface area contributed by atoms with E-state index in [2.05, 4.69) is 107 Å². The Labute approximate surface area is 353 Å². The number of para-hydroxylation sites is 2. The Bertz CT molecular complexity index is 2900. The van der Waals surface area contributed by atoms with Gasteiger partial charge in [-0.15, -0.1) is 54.1 Å². The van der Waals surface area contributed by atoms with Crippen molar-refractivity contribution in [2.24, 2.45) is 5.41 Å². The number of pyridine rings is 2. The molecular formula is C50H46IrN4OSi-2. The van der Waals surface area contributed by atoms with Crippen LogP contribution in [0.15, 0.2) is 144 Å². The van der Waals surface area contributed by atoms with Gasteiger partial charge in [-0.25, -0.2) is 4.98 Å². The zero-order valence-corrected chi connectivity index (χ0v) is 36.7. The van der Waals surface area contributed by atoms with Crippen LogP contribution in [0.5, 0.6) is 0 Å². The Kier molecular flexibility index (Phi) is 10.5. The second kappa shape index (κ2) is 16.2. The molecule has 4 heterocycles. The van der Waals surface area contributed by atoms with Crippen LogP contribution >= 0.6 is 0 Å². The maximum absolute atomic E-state index is 8.75. The molecule has 0 aliphatic heterocycles. The second-order valence-electron chi connectivity index (χ2n) is 16.2. The Hall–Kier alpha value is -5.46. The monoisotopic (exact) mass is 941 g/mol. The predicted molar refractivity (Wildman–Crippen MR) is 235 cm³/mol. The molecule has 0 atom stereocenters. The molecule has 1 radical (unpaired) electrons. The molecule has 287 valence electrons. The van der Waals surface area contributed by atoms with E-state index < -0.39 is 19.9 Å². The molecule has 0 saturated heterocycles. The summed E-state index contributed by atoms with van der Waals surface area (Å²) < 4.78 is 26.0. The van der Waals surface area contributed by atoms with Gasteiger partial charge in [0.1, 0.15) is 0 Å². The van der Waals surface area contributed by atoms with Crippen molar-refractivity contribution in [3.63, 3.8) is 0 Å². The van der Waals surface area contributed by atoms with Gasteiger partial charge in [-0.1, -0.05) is 118 Å². The van der Waals surface area contributed by atoms with E-state index in [9.17, 15) is 0 Å². The third-order valence-corrected chi connectivity index (χ3v) is 11.7. The Balaban J connectivity index is 0.000000193. The van der Waals surface area contributed by atoms with Gasteiger partial charge in [0.2, 0.25) is 5.71 Å².